The van der Waals surface area contributed by atoms with Crippen LogP contribution in [0.3, 0.4) is 0 Å². The number of carbonyl (C=O) groups is 2. The van der Waals surface area contributed by atoms with Crippen LogP contribution in [-0.4, -0.2) is 30.9 Å². The topological polar surface area (TPSA) is 72.8 Å². The van der Waals surface area contributed by atoms with E-state index in [-0.39, 0.29) is 28.2 Å². The van der Waals surface area contributed by atoms with Gasteiger partial charge in [0.25, 0.3) is 0 Å². The maximum absolute atomic E-state index is 12.0. The molecule has 0 saturated heterocycles. The van der Waals surface area contributed by atoms with Gasteiger partial charge in [0.2, 0.25) is 11.6 Å². The highest BCUT2D eigenvalue weighted by Gasteiger charge is 2.35. The van der Waals surface area contributed by atoms with Gasteiger partial charge in [-0.2, -0.15) is 0 Å². The minimum Gasteiger partial charge on any atom is -0.507 e. The minimum absolute atomic E-state index is 0.0130. The third kappa shape index (κ3) is 1.48. The van der Waals surface area contributed by atoms with Crippen LogP contribution in [-0.2, 0) is 4.79 Å². The van der Waals surface area contributed by atoms with Gasteiger partial charge in [-0.3, -0.25) is 9.59 Å². The molecule has 1 N–H and O–H groups in total. The highest BCUT2D eigenvalue weighted by molar-refractivity contribution is 6.52. The second-order valence-corrected chi connectivity index (χ2v) is 3.85. The number of fused-ring (bicyclic) bond motifs is 1. The zero-order valence-corrected chi connectivity index (χ0v) is 10.2. The molecule has 0 radical (unpaired) electrons. The number of allylic oxidation sites excluding steroid dienone is 1. The summed E-state index contributed by atoms with van der Waals surface area (Å²) in [6.07, 6.45) is 0. The summed E-state index contributed by atoms with van der Waals surface area (Å²) < 4.78 is 10.2. The average molecular weight is 248 g/mol. The third-order valence-electron chi connectivity index (χ3n) is 2.93. The zero-order chi connectivity index (χ0) is 13.4. The van der Waals surface area contributed by atoms with Crippen LogP contribution < -0.4 is 9.47 Å². The van der Waals surface area contributed by atoms with Crippen molar-refractivity contribution < 1.29 is 24.2 Å². The molecule has 1 aromatic rings. The predicted molar refractivity (Wildman–Crippen MR) is 64.1 cm³/mol. The van der Waals surface area contributed by atoms with E-state index in [0.29, 0.717) is 5.75 Å². The van der Waals surface area contributed by atoms with Gasteiger partial charge in [0.1, 0.15) is 17.3 Å². The van der Waals surface area contributed by atoms with Gasteiger partial charge >= 0.3 is 0 Å². The number of carbonyl (C=O) groups excluding carboxylic acids is 2. The van der Waals surface area contributed by atoms with Gasteiger partial charge in [-0.05, 0) is 19.1 Å². The second kappa shape index (κ2) is 4.18. The van der Waals surface area contributed by atoms with E-state index >= 15 is 0 Å². The molecule has 5 nitrogen and oxygen atoms in total. The smallest absolute Gasteiger partial charge is 0.237 e. The normalized spacial score (nSPS) is 14.6. The molecule has 1 aliphatic carbocycles. The Morgan fingerprint density at radius 1 is 0.944 bits per heavy atom. The Morgan fingerprint density at radius 2 is 1.44 bits per heavy atom. The Labute approximate surface area is 104 Å². The number of ketones is 2. The fraction of sp³-hybridized carbons (Fsp3) is 0.231. The van der Waals surface area contributed by atoms with Gasteiger partial charge in [0.15, 0.2) is 0 Å². The SMILES string of the molecule is COc1ccc(OC)c2c1C(=O)C(=O)C(C)=C2O. The van der Waals surface area contributed by atoms with Crippen molar-refractivity contribution in [3.05, 3.63) is 28.8 Å². The molecule has 94 valence electrons. The summed E-state index contributed by atoms with van der Waals surface area (Å²) in [6, 6.07) is 3.10. The Balaban J connectivity index is 2.87. The number of Topliss-reactive ketones (excluding diaryl/α,β-unsaturated/α-hetero) is 2. The highest BCUT2D eigenvalue weighted by Crippen LogP contribution is 2.39. The van der Waals surface area contributed by atoms with Crippen molar-refractivity contribution in [3.63, 3.8) is 0 Å². The number of methoxy groups -OCH3 is 2. The van der Waals surface area contributed by atoms with E-state index in [4.69, 9.17) is 9.47 Å². The molecule has 0 fully saturated rings. The van der Waals surface area contributed by atoms with E-state index in [1.54, 1.807) is 6.07 Å². The maximum Gasteiger partial charge on any atom is 0.237 e. The summed E-state index contributed by atoms with van der Waals surface area (Å²) >= 11 is 0. The molecule has 1 aromatic carbocycles. The number of aliphatic hydroxyl groups is 1. The lowest BCUT2D eigenvalue weighted by molar-refractivity contribution is -0.111. The molecule has 1 aliphatic rings. The molecule has 18 heavy (non-hydrogen) atoms. The fourth-order valence-electron chi connectivity index (χ4n) is 1.94. The molecule has 0 heterocycles. The lowest BCUT2D eigenvalue weighted by Crippen LogP contribution is -2.24. The lowest BCUT2D eigenvalue weighted by Gasteiger charge is -2.20. The van der Waals surface area contributed by atoms with Crippen molar-refractivity contribution in [1.29, 1.82) is 0 Å². The molecule has 0 atom stereocenters. The Hall–Kier alpha value is -2.30. The summed E-state index contributed by atoms with van der Waals surface area (Å²) in [5.41, 5.74) is 0.267. The van der Waals surface area contributed by atoms with Gasteiger partial charge in [0.05, 0.1) is 25.3 Å². The van der Waals surface area contributed by atoms with Gasteiger partial charge in [-0.1, -0.05) is 0 Å². The first-order valence-corrected chi connectivity index (χ1v) is 5.27. The lowest BCUT2D eigenvalue weighted by atomic mass is 9.88. The quantitative estimate of drug-likeness (QED) is 0.807. The number of rotatable bonds is 2. The Bertz CT molecular complexity index is 583. The van der Waals surface area contributed by atoms with E-state index < -0.39 is 11.6 Å². The number of benzene rings is 1. The first-order chi connectivity index (χ1) is 8.52. The van der Waals surface area contributed by atoms with Crippen LogP contribution in [0.2, 0.25) is 0 Å². The van der Waals surface area contributed by atoms with Crippen LogP contribution in [0, 0.1) is 0 Å². The molecule has 2 rings (SSSR count). The van der Waals surface area contributed by atoms with E-state index in [0.717, 1.165) is 0 Å². The molecule has 5 heteroatoms. The van der Waals surface area contributed by atoms with E-state index in [2.05, 4.69) is 0 Å². The molecule has 0 amide bonds. The van der Waals surface area contributed by atoms with E-state index in [1.807, 2.05) is 0 Å². The Kier molecular flexibility index (Phi) is 2.82. The van der Waals surface area contributed by atoms with Crippen molar-refractivity contribution in [2.24, 2.45) is 0 Å². The fourth-order valence-corrected chi connectivity index (χ4v) is 1.94. The molecule has 0 saturated carbocycles. The summed E-state index contributed by atoms with van der Waals surface area (Å²) in [4.78, 5) is 23.7. The van der Waals surface area contributed by atoms with Crippen molar-refractivity contribution in [1.82, 2.24) is 0 Å². The van der Waals surface area contributed by atoms with Gasteiger partial charge in [0, 0.05) is 5.57 Å². The highest BCUT2D eigenvalue weighted by atomic mass is 16.5. The summed E-state index contributed by atoms with van der Waals surface area (Å²) in [6.45, 7) is 1.40. The Morgan fingerprint density at radius 3 is 1.94 bits per heavy atom. The molecule has 0 aliphatic heterocycles. The number of aliphatic hydroxyl groups excluding tert-OH is 1. The molecular weight excluding hydrogens is 236 g/mol. The van der Waals surface area contributed by atoms with Crippen LogP contribution in [0.4, 0.5) is 0 Å². The van der Waals surface area contributed by atoms with Crippen LogP contribution in [0.5, 0.6) is 11.5 Å². The number of hydrogen-bond acceptors (Lipinski definition) is 5. The number of ether oxygens (including phenoxy) is 2. The van der Waals surface area contributed by atoms with Crippen LogP contribution in [0.15, 0.2) is 17.7 Å². The van der Waals surface area contributed by atoms with Crippen LogP contribution >= 0.6 is 0 Å². The van der Waals surface area contributed by atoms with Crippen molar-refractivity contribution in [3.8, 4) is 11.5 Å². The molecule has 0 bridgehead atoms. The number of hydrogen-bond donors (Lipinski definition) is 1. The second-order valence-electron chi connectivity index (χ2n) is 3.85. The first kappa shape index (κ1) is 12.2. The summed E-state index contributed by atoms with van der Waals surface area (Å²) in [5.74, 6) is -1.11. The van der Waals surface area contributed by atoms with Crippen molar-refractivity contribution in [2.45, 2.75) is 6.92 Å². The largest absolute Gasteiger partial charge is 0.507 e. The third-order valence-corrected chi connectivity index (χ3v) is 2.93. The minimum atomic E-state index is -0.730. The van der Waals surface area contributed by atoms with Crippen molar-refractivity contribution >= 4 is 17.3 Å². The van der Waals surface area contributed by atoms with E-state index in [9.17, 15) is 14.7 Å². The standard InChI is InChI=1S/C13H12O5/c1-6-11(14)9-7(17-2)4-5-8(18-3)10(9)13(16)12(6)15/h4-5,14H,1-3H3. The van der Waals surface area contributed by atoms with Gasteiger partial charge < -0.3 is 14.6 Å². The molecular formula is C13H12O5. The van der Waals surface area contributed by atoms with E-state index in [1.165, 1.54) is 27.2 Å². The maximum atomic E-state index is 12.0. The predicted octanol–water partition coefficient (Wildman–Crippen LogP) is 1.76. The first-order valence-electron chi connectivity index (χ1n) is 5.27. The van der Waals surface area contributed by atoms with Gasteiger partial charge in [-0.25, -0.2) is 0 Å². The van der Waals surface area contributed by atoms with Gasteiger partial charge in [-0.15, -0.1) is 0 Å². The zero-order valence-electron chi connectivity index (χ0n) is 10.2. The molecule has 0 aromatic heterocycles. The van der Waals surface area contributed by atoms with Crippen molar-refractivity contribution in [2.75, 3.05) is 14.2 Å². The monoisotopic (exact) mass is 248 g/mol. The van der Waals surface area contributed by atoms with Crippen LogP contribution in [0.1, 0.15) is 22.8 Å². The average Bonchev–Trinajstić information content (AvgIpc) is 2.40. The van der Waals surface area contributed by atoms with Crippen LogP contribution in [0.25, 0.3) is 5.76 Å². The summed E-state index contributed by atoms with van der Waals surface area (Å²) in [7, 11) is 2.81. The molecule has 0 spiro atoms. The molecule has 0 unspecified atom stereocenters. The summed E-state index contributed by atoms with van der Waals surface area (Å²) in [5, 5.41) is 10.0.